The first-order valence-corrected chi connectivity index (χ1v) is 11.9. The second kappa shape index (κ2) is 11.5. The van der Waals surface area contributed by atoms with Gasteiger partial charge in [0.05, 0.1) is 11.5 Å². The van der Waals surface area contributed by atoms with E-state index < -0.39 is 11.9 Å². The van der Waals surface area contributed by atoms with Crippen molar-refractivity contribution in [3.05, 3.63) is 118 Å². The van der Waals surface area contributed by atoms with Gasteiger partial charge >= 0.3 is 5.97 Å². The molecule has 0 aromatic heterocycles. The maximum absolute atomic E-state index is 13.2. The molecule has 0 fully saturated rings. The fraction of sp³-hybridized carbons (Fsp3) is 0.107. The predicted octanol–water partition coefficient (Wildman–Crippen LogP) is 6.11. The van der Waals surface area contributed by atoms with Crippen LogP contribution in [0.5, 0.6) is 5.75 Å². The number of rotatable bonds is 7. The molecule has 1 amide bonds. The smallest absolute Gasteiger partial charge is 0.344 e. The van der Waals surface area contributed by atoms with Crippen molar-refractivity contribution in [2.45, 2.75) is 13.5 Å². The summed E-state index contributed by atoms with van der Waals surface area (Å²) in [5, 5.41) is 11.0. The fourth-order valence-corrected chi connectivity index (χ4v) is 4.35. The molecule has 0 bridgehead atoms. The summed E-state index contributed by atoms with van der Waals surface area (Å²) in [5.41, 5.74) is 1.61. The lowest BCUT2D eigenvalue weighted by molar-refractivity contribution is -0.138. The third-order valence-electron chi connectivity index (χ3n) is 5.11. The normalized spacial score (nSPS) is 15.4. The minimum absolute atomic E-state index is 0.0516. The molecule has 0 atom stereocenters. The molecule has 8 heteroatoms. The van der Waals surface area contributed by atoms with E-state index in [4.69, 9.17) is 9.47 Å². The topological polar surface area (TPSA) is 85.2 Å². The molecule has 0 aliphatic carbocycles. The molecular formula is C28H22FNO5S. The zero-order valence-electron chi connectivity index (χ0n) is 19.3. The van der Waals surface area contributed by atoms with E-state index in [0.717, 1.165) is 17.3 Å². The number of para-hydroxylation sites is 1. The van der Waals surface area contributed by atoms with Gasteiger partial charge in [0.2, 0.25) is 0 Å². The van der Waals surface area contributed by atoms with Crippen molar-refractivity contribution >= 4 is 34.8 Å². The number of nitrogens with zero attached hydrogens (tertiary/aromatic N) is 1. The summed E-state index contributed by atoms with van der Waals surface area (Å²) in [4.78, 5) is 29.7. The van der Waals surface area contributed by atoms with Gasteiger partial charge in [0, 0.05) is 11.1 Å². The molecule has 3 aromatic rings. The van der Waals surface area contributed by atoms with E-state index in [9.17, 15) is 19.1 Å². The molecule has 0 spiro atoms. The molecule has 1 N–H and O–H groups in total. The molecule has 0 radical (unpaired) electrons. The Morgan fingerprint density at radius 1 is 1.00 bits per heavy atom. The van der Waals surface area contributed by atoms with Crippen molar-refractivity contribution in [2.75, 3.05) is 6.61 Å². The molecule has 1 aliphatic heterocycles. The Labute approximate surface area is 211 Å². The monoisotopic (exact) mass is 503 g/mol. The SMILES string of the molecule is CCOC(=O)C1=C(O)/C(=C/c2ccccc2OCc2ccc(F)cc2)SC1=NC(=O)c1ccccc1. The number of aliphatic hydroxyl groups excluding tert-OH is 1. The summed E-state index contributed by atoms with van der Waals surface area (Å²) >= 11 is 0.992. The number of hydrogen-bond donors (Lipinski definition) is 1. The molecule has 1 heterocycles. The van der Waals surface area contributed by atoms with Crippen molar-refractivity contribution in [1.29, 1.82) is 0 Å². The van der Waals surface area contributed by atoms with Crippen LogP contribution in [0.3, 0.4) is 0 Å². The van der Waals surface area contributed by atoms with Gasteiger partial charge in [0.15, 0.2) is 0 Å². The van der Waals surface area contributed by atoms with Crippen LogP contribution in [0, 0.1) is 5.82 Å². The standard InChI is InChI=1S/C28H22FNO5S/c1-2-34-28(33)24-25(31)23(36-27(24)30-26(32)19-8-4-3-5-9-19)16-20-10-6-7-11-22(20)35-17-18-12-14-21(29)15-13-18/h3-16,31H,2,17H2,1H3/b23-16-,30-27?. The zero-order chi connectivity index (χ0) is 25.5. The van der Waals surface area contributed by atoms with E-state index in [1.807, 2.05) is 0 Å². The van der Waals surface area contributed by atoms with Crippen LogP contribution in [0.2, 0.25) is 0 Å². The van der Waals surface area contributed by atoms with Crippen LogP contribution in [0.15, 0.2) is 100 Å². The van der Waals surface area contributed by atoms with Crippen LogP contribution in [-0.2, 0) is 16.1 Å². The minimum Gasteiger partial charge on any atom is -0.506 e. The summed E-state index contributed by atoms with van der Waals surface area (Å²) in [7, 11) is 0. The molecule has 0 unspecified atom stereocenters. The Kier molecular flexibility index (Phi) is 7.97. The van der Waals surface area contributed by atoms with Crippen LogP contribution < -0.4 is 4.74 Å². The average Bonchev–Trinajstić information content (AvgIpc) is 3.19. The Morgan fingerprint density at radius 2 is 1.69 bits per heavy atom. The maximum Gasteiger partial charge on any atom is 0.344 e. The fourth-order valence-electron chi connectivity index (χ4n) is 3.34. The van der Waals surface area contributed by atoms with Crippen LogP contribution >= 0.6 is 11.8 Å². The largest absolute Gasteiger partial charge is 0.506 e. The number of carbonyl (C=O) groups is 2. The number of ether oxygens (including phenoxy) is 2. The molecule has 6 nitrogen and oxygen atoms in total. The van der Waals surface area contributed by atoms with Gasteiger partial charge in [-0.05, 0) is 48.9 Å². The molecule has 3 aromatic carbocycles. The average molecular weight is 504 g/mol. The zero-order valence-corrected chi connectivity index (χ0v) is 20.1. The lowest BCUT2D eigenvalue weighted by atomic mass is 10.1. The molecule has 0 saturated heterocycles. The van der Waals surface area contributed by atoms with Crippen molar-refractivity contribution in [3.63, 3.8) is 0 Å². The van der Waals surface area contributed by atoms with E-state index in [-0.39, 0.29) is 35.4 Å². The highest BCUT2D eigenvalue weighted by molar-refractivity contribution is 8.18. The first kappa shape index (κ1) is 24.9. The van der Waals surface area contributed by atoms with Gasteiger partial charge in [0.1, 0.15) is 34.5 Å². The van der Waals surface area contributed by atoms with Gasteiger partial charge in [-0.2, -0.15) is 0 Å². The molecule has 0 saturated carbocycles. The molecule has 182 valence electrons. The Hall–Kier alpha value is -4.17. The maximum atomic E-state index is 13.2. The second-order valence-electron chi connectivity index (χ2n) is 7.60. The number of carbonyl (C=O) groups excluding carboxylic acids is 2. The van der Waals surface area contributed by atoms with E-state index >= 15 is 0 Å². The van der Waals surface area contributed by atoms with Crippen molar-refractivity contribution < 1.29 is 28.6 Å². The first-order chi connectivity index (χ1) is 17.5. The van der Waals surface area contributed by atoms with Crippen molar-refractivity contribution in [2.24, 2.45) is 4.99 Å². The van der Waals surface area contributed by atoms with Gasteiger partial charge in [-0.25, -0.2) is 14.2 Å². The number of benzene rings is 3. The quantitative estimate of drug-likeness (QED) is 0.392. The Morgan fingerprint density at radius 3 is 2.42 bits per heavy atom. The van der Waals surface area contributed by atoms with Crippen molar-refractivity contribution in [1.82, 2.24) is 0 Å². The van der Waals surface area contributed by atoms with Gasteiger partial charge in [0.25, 0.3) is 5.91 Å². The summed E-state index contributed by atoms with van der Waals surface area (Å²) in [6.07, 6.45) is 1.65. The van der Waals surface area contributed by atoms with Gasteiger partial charge in [-0.1, -0.05) is 60.3 Å². The van der Waals surface area contributed by atoms with Gasteiger partial charge in [-0.15, -0.1) is 0 Å². The molecule has 4 rings (SSSR count). The number of aliphatic imine (C=N–C) groups is 1. The number of amides is 1. The highest BCUT2D eigenvalue weighted by atomic mass is 32.2. The second-order valence-corrected chi connectivity index (χ2v) is 8.63. The van der Waals surface area contributed by atoms with Gasteiger partial charge in [-0.3, -0.25) is 4.79 Å². The Bertz CT molecular complexity index is 1360. The summed E-state index contributed by atoms with van der Waals surface area (Å²) < 4.78 is 24.2. The summed E-state index contributed by atoms with van der Waals surface area (Å²) in [6, 6.07) is 21.6. The van der Waals surface area contributed by atoms with Crippen LogP contribution in [0.25, 0.3) is 6.08 Å². The van der Waals surface area contributed by atoms with E-state index in [1.165, 1.54) is 12.1 Å². The number of aliphatic hydroxyl groups is 1. The van der Waals surface area contributed by atoms with Crippen molar-refractivity contribution in [3.8, 4) is 5.75 Å². The number of hydrogen-bond acceptors (Lipinski definition) is 6. The predicted molar refractivity (Wildman–Crippen MR) is 137 cm³/mol. The third-order valence-corrected chi connectivity index (χ3v) is 6.13. The van der Waals surface area contributed by atoms with Crippen LogP contribution in [0.1, 0.15) is 28.4 Å². The Balaban J connectivity index is 1.65. The number of halogens is 1. The minimum atomic E-state index is -0.772. The molecule has 36 heavy (non-hydrogen) atoms. The third kappa shape index (κ3) is 5.90. The lowest BCUT2D eigenvalue weighted by Crippen LogP contribution is -2.14. The first-order valence-electron chi connectivity index (χ1n) is 11.1. The van der Waals surface area contributed by atoms with E-state index in [1.54, 1.807) is 79.7 Å². The lowest BCUT2D eigenvalue weighted by Gasteiger charge is -2.10. The highest BCUT2D eigenvalue weighted by Gasteiger charge is 2.34. The number of thioether (sulfide) groups is 1. The summed E-state index contributed by atoms with van der Waals surface area (Å²) in [6.45, 7) is 1.95. The van der Waals surface area contributed by atoms with E-state index in [0.29, 0.717) is 21.8 Å². The van der Waals surface area contributed by atoms with E-state index in [2.05, 4.69) is 4.99 Å². The number of esters is 1. The highest BCUT2D eigenvalue weighted by Crippen LogP contribution is 2.40. The van der Waals surface area contributed by atoms with Crippen LogP contribution in [0.4, 0.5) is 4.39 Å². The van der Waals surface area contributed by atoms with Crippen LogP contribution in [-0.4, -0.2) is 28.6 Å². The van der Waals surface area contributed by atoms with Gasteiger partial charge < -0.3 is 14.6 Å². The molecular weight excluding hydrogens is 481 g/mol. The summed E-state index contributed by atoms with van der Waals surface area (Å²) in [5.74, 6) is -1.45. The molecule has 1 aliphatic rings.